The van der Waals surface area contributed by atoms with Crippen molar-refractivity contribution in [2.45, 2.75) is 26.0 Å². The predicted molar refractivity (Wildman–Crippen MR) is 90.4 cm³/mol. The van der Waals surface area contributed by atoms with Gasteiger partial charge >= 0.3 is 0 Å². The number of carbonyl (C=O) groups excluding carboxylic acids is 1. The monoisotopic (exact) mass is 336 g/mol. The Bertz CT molecular complexity index is 716. The van der Waals surface area contributed by atoms with Gasteiger partial charge in [0.1, 0.15) is 5.82 Å². The summed E-state index contributed by atoms with van der Waals surface area (Å²) >= 11 is 1.32. The van der Waals surface area contributed by atoms with E-state index >= 15 is 0 Å². The van der Waals surface area contributed by atoms with Crippen molar-refractivity contribution < 1.29 is 13.9 Å². The molecule has 1 aromatic heterocycles. The Hall–Kier alpha value is -1.50. The molecule has 1 fully saturated rings. The highest BCUT2D eigenvalue weighted by atomic mass is 32.1. The third-order valence-electron chi connectivity index (χ3n) is 4.40. The number of halogens is 1. The Morgan fingerprint density at radius 2 is 2.35 bits per heavy atom. The van der Waals surface area contributed by atoms with Gasteiger partial charge in [0, 0.05) is 35.3 Å². The van der Waals surface area contributed by atoms with Gasteiger partial charge in [-0.15, -0.1) is 11.3 Å². The molecule has 23 heavy (non-hydrogen) atoms. The third-order valence-corrected chi connectivity index (χ3v) is 5.60. The molecule has 1 saturated heterocycles. The number of thiophene rings is 1. The highest BCUT2D eigenvalue weighted by Gasteiger charge is 2.26. The van der Waals surface area contributed by atoms with Crippen molar-refractivity contribution >= 4 is 27.3 Å². The van der Waals surface area contributed by atoms with Gasteiger partial charge in [0.25, 0.3) is 5.91 Å². The fourth-order valence-corrected chi connectivity index (χ4v) is 4.17. The zero-order chi connectivity index (χ0) is 16.4. The van der Waals surface area contributed by atoms with Crippen LogP contribution in [0.4, 0.5) is 4.39 Å². The molecule has 2 N–H and O–H groups in total. The molecule has 1 aliphatic rings. The average Bonchev–Trinajstić information content (AvgIpc) is 2.90. The summed E-state index contributed by atoms with van der Waals surface area (Å²) in [5.74, 6) is -0.0204. The number of benzene rings is 1. The number of carbonyl (C=O) groups is 1. The van der Waals surface area contributed by atoms with Crippen LogP contribution >= 0.6 is 11.3 Å². The van der Waals surface area contributed by atoms with E-state index in [1.807, 2.05) is 6.07 Å². The van der Waals surface area contributed by atoms with Gasteiger partial charge in [-0.05, 0) is 31.0 Å². The van der Waals surface area contributed by atoms with Gasteiger partial charge in [0.05, 0.1) is 11.5 Å². The maximum atomic E-state index is 14.2. The summed E-state index contributed by atoms with van der Waals surface area (Å²) in [6, 6.07) is 5.02. The minimum absolute atomic E-state index is 0.0988. The summed E-state index contributed by atoms with van der Waals surface area (Å²) in [5.41, 5.74) is 0.638. The number of piperidine rings is 1. The Morgan fingerprint density at radius 1 is 1.52 bits per heavy atom. The number of amides is 1. The zero-order valence-electron chi connectivity index (χ0n) is 13.3. The molecule has 0 spiro atoms. The van der Waals surface area contributed by atoms with Crippen molar-refractivity contribution in [3.63, 3.8) is 0 Å². The van der Waals surface area contributed by atoms with Crippen LogP contribution in [0.3, 0.4) is 0 Å². The molecule has 1 aromatic carbocycles. The van der Waals surface area contributed by atoms with E-state index in [-0.39, 0.29) is 24.4 Å². The SMILES string of the molecule is COCc1c(C(=O)NC2CNCCC2C)sc2cccc(F)c12. The van der Waals surface area contributed by atoms with E-state index < -0.39 is 0 Å². The highest BCUT2D eigenvalue weighted by Crippen LogP contribution is 2.34. The predicted octanol–water partition coefficient (Wildman–Crippen LogP) is 2.91. The number of ether oxygens (including phenoxy) is 1. The summed E-state index contributed by atoms with van der Waals surface area (Å²) in [7, 11) is 1.55. The van der Waals surface area contributed by atoms with Gasteiger partial charge < -0.3 is 15.4 Å². The first kappa shape index (κ1) is 16.4. The summed E-state index contributed by atoms with van der Waals surface area (Å²) in [5, 5.41) is 6.90. The Morgan fingerprint density at radius 3 is 3.09 bits per heavy atom. The van der Waals surface area contributed by atoms with Crippen LogP contribution in [0.2, 0.25) is 0 Å². The van der Waals surface area contributed by atoms with Crippen LogP contribution in [0.5, 0.6) is 0 Å². The first-order valence-electron chi connectivity index (χ1n) is 7.82. The molecule has 2 atom stereocenters. The minimum atomic E-state index is -0.308. The average molecular weight is 336 g/mol. The Balaban J connectivity index is 1.93. The first-order valence-corrected chi connectivity index (χ1v) is 8.64. The number of hydrogen-bond acceptors (Lipinski definition) is 4. The van der Waals surface area contributed by atoms with Crippen LogP contribution in [0.15, 0.2) is 18.2 Å². The van der Waals surface area contributed by atoms with Crippen molar-refractivity contribution in [3.05, 3.63) is 34.5 Å². The van der Waals surface area contributed by atoms with Crippen LogP contribution in [-0.2, 0) is 11.3 Å². The standard InChI is InChI=1S/C17H21FN2O2S/c1-10-6-7-19-8-13(10)20-17(21)16-11(9-22-2)15-12(18)4-3-5-14(15)23-16/h3-5,10,13,19H,6-9H2,1-2H3,(H,20,21). The molecule has 3 rings (SSSR count). The van der Waals surface area contributed by atoms with E-state index in [0.717, 1.165) is 24.2 Å². The van der Waals surface area contributed by atoms with Crippen LogP contribution in [-0.4, -0.2) is 32.1 Å². The highest BCUT2D eigenvalue weighted by molar-refractivity contribution is 7.21. The van der Waals surface area contributed by atoms with E-state index in [4.69, 9.17) is 4.74 Å². The van der Waals surface area contributed by atoms with Gasteiger partial charge in [-0.2, -0.15) is 0 Å². The molecule has 2 heterocycles. The quantitative estimate of drug-likeness (QED) is 0.903. The molecule has 6 heteroatoms. The first-order chi connectivity index (χ1) is 11.1. The van der Waals surface area contributed by atoms with Crippen molar-refractivity contribution in [1.82, 2.24) is 10.6 Å². The van der Waals surface area contributed by atoms with Crippen LogP contribution in [0.25, 0.3) is 10.1 Å². The molecule has 1 amide bonds. The van der Waals surface area contributed by atoms with Crippen LogP contribution in [0, 0.1) is 11.7 Å². The lowest BCUT2D eigenvalue weighted by molar-refractivity contribution is 0.0915. The number of nitrogens with one attached hydrogen (secondary N) is 2. The second-order valence-electron chi connectivity index (χ2n) is 6.01. The van der Waals surface area contributed by atoms with E-state index in [2.05, 4.69) is 17.6 Å². The lowest BCUT2D eigenvalue weighted by Crippen LogP contribution is -2.50. The van der Waals surface area contributed by atoms with E-state index in [0.29, 0.717) is 21.7 Å². The summed E-state index contributed by atoms with van der Waals surface area (Å²) in [6.45, 7) is 4.12. The molecule has 0 radical (unpaired) electrons. The molecule has 1 aliphatic heterocycles. The molecule has 4 nitrogen and oxygen atoms in total. The summed E-state index contributed by atoms with van der Waals surface area (Å²) in [4.78, 5) is 13.3. The Labute approximate surface area is 139 Å². The summed E-state index contributed by atoms with van der Waals surface area (Å²) < 4.78 is 20.2. The van der Waals surface area contributed by atoms with E-state index in [9.17, 15) is 9.18 Å². The second-order valence-corrected chi connectivity index (χ2v) is 7.06. The molecule has 124 valence electrons. The smallest absolute Gasteiger partial charge is 0.262 e. The molecule has 0 bridgehead atoms. The van der Waals surface area contributed by atoms with Gasteiger partial charge in [0.2, 0.25) is 0 Å². The Kier molecular flexibility index (Phi) is 4.94. The van der Waals surface area contributed by atoms with Gasteiger partial charge in [-0.25, -0.2) is 4.39 Å². The van der Waals surface area contributed by atoms with E-state index in [1.165, 1.54) is 17.4 Å². The van der Waals surface area contributed by atoms with Gasteiger partial charge in [-0.3, -0.25) is 4.79 Å². The normalized spacial score (nSPS) is 21.5. The van der Waals surface area contributed by atoms with Gasteiger partial charge in [-0.1, -0.05) is 13.0 Å². The molecule has 2 aromatic rings. The lowest BCUT2D eigenvalue weighted by Gasteiger charge is -2.30. The number of hydrogen-bond donors (Lipinski definition) is 2. The topological polar surface area (TPSA) is 50.4 Å². The summed E-state index contributed by atoms with van der Waals surface area (Å²) in [6.07, 6.45) is 1.04. The fourth-order valence-electron chi connectivity index (χ4n) is 3.05. The maximum absolute atomic E-state index is 14.2. The minimum Gasteiger partial charge on any atom is -0.380 e. The van der Waals surface area contributed by atoms with Crippen molar-refractivity contribution in [2.75, 3.05) is 20.2 Å². The van der Waals surface area contributed by atoms with Crippen molar-refractivity contribution in [3.8, 4) is 0 Å². The lowest BCUT2D eigenvalue weighted by atomic mass is 9.94. The zero-order valence-corrected chi connectivity index (χ0v) is 14.1. The van der Waals surface area contributed by atoms with Crippen LogP contribution in [0.1, 0.15) is 28.6 Å². The van der Waals surface area contributed by atoms with E-state index in [1.54, 1.807) is 13.2 Å². The van der Waals surface area contributed by atoms with Crippen molar-refractivity contribution in [1.29, 1.82) is 0 Å². The van der Waals surface area contributed by atoms with Crippen molar-refractivity contribution in [2.24, 2.45) is 5.92 Å². The number of methoxy groups -OCH3 is 1. The maximum Gasteiger partial charge on any atom is 0.262 e. The molecule has 0 aliphatic carbocycles. The molecular formula is C17H21FN2O2S. The molecule has 0 saturated carbocycles. The third kappa shape index (κ3) is 3.24. The molecular weight excluding hydrogens is 315 g/mol. The number of fused-ring (bicyclic) bond motifs is 1. The number of rotatable bonds is 4. The second kappa shape index (κ2) is 6.95. The van der Waals surface area contributed by atoms with Gasteiger partial charge in [0.15, 0.2) is 0 Å². The van der Waals surface area contributed by atoms with Crippen LogP contribution < -0.4 is 10.6 Å². The fraction of sp³-hybridized carbons (Fsp3) is 0.471. The largest absolute Gasteiger partial charge is 0.380 e. The molecule has 2 unspecified atom stereocenters.